The lowest BCUT2D eigenvalue weighted by Gasteiger charge is -2.29. The Morgan fingerprint density at radius 2 is 1.94 bits per heavy atom. The number of amides is 2. The number of nitrogens with zero attached hydrogens (tertiary/aromatic N) is 1. The van der Waals surface area contributed by atoms with Crippen LogP contribution in [0, 0.1) is 5.92 Å². The predicted molar refractivity (Wildman–Crippen MR) is 62.4 cm³/mol. The summed E-state index contributed by atoms with van der Waals surface area (Å²) in [6, 6.07) is 0. The largest absolute Gasteiger partial charge is 0.368 e. The predicted octanol–water partition coefficient (Wildman–Crippen LogP) is -1.81. The lowest BCUT2D eigenvalue weighted by Crippen LogP contribution is -2.43. The van der Waals surface area contributed by atoms with Crippen LogP contribution in [0.2, 0.25) is 0 Å². The number of sulfonamides is 1. The van der Waals surface area contributed by atoms with Crippen LogP contribution in [-0.2, 0) is 24.4 Å². The zero-order valence-electron chi connectivity index (χ0n) is 10.1. The second-order valence-corrected chi connectivity index (χ2v) is 6.14. The highest BCUT2D eigenvalue weighted by molar-refractivity contribution is 7.88. The minimum absolute atomic E-state index is 0.309. The van der Waals surface area contributed by atoms with Gasteiger partial charge < -0.3 is 5.73 Å². The Morgan fingerprint density at radius 3 is 2.39 bits per heavy atom. The van der Waals surface area contributed by atoms with Crippen LogP contribution < -0.4 is 11.2 Å². The maximum atomic E-state index is 11.6. The molecule has 0 bridgehead atoms. The van der Waals surface area contributed by atoms with E-state index in [-0.39, 0.29) is 18.4 Å². The summed E-state index contributed by atoms with van der Waals surface area (Å²) in [4.78, 5) is 26.6. The van der Waals surface area contributed by atoms with Crippen LogP contribution in [-0.4, -0.2) is 50.5 Å². The molecule has 0 radical (unpaired) electrons. The van der Waals surface area contributed by atoms with Crippen LogP contribution in [0.3, 0.4) is 0 Å². The highest BCUT2D eigenvalue weighted by Crippen LogP contribution is 2.19. The summed E-state index contributed by atoms with van der Waals surface area (Å²) in [7, 11) is -3.19. The van der Waals surface area contributed by atoms with Gasteiger partial charge in [0.15, 0.2) is 6.61 Å². The Bertz CT molecular complexity index is 414. The van der Waals surface area contributed by atoms with E-state index >= 15 is 0 Å². The Hall–Kier alpha value is -1.19. The second-order valence-electron chi connectivity index (χ2n) is 4.16. The van der Waals surface area contributed by atoms with E-state index in [1.54, 1.807) is 0 Å². The Kier molecular flexibility index (Phi) is 5.05. The van der Waals surface area contributed by atoms with E-state index in [4.69, 9.17) is 5.73 Å². The van der Waals surface area contributed by atoms with Gasteiger partial charge in [0.05, 0.1) is 6.26 Å². The Morgan fingerprint density at radius 1 is 1.39 bits per heavy atom. The van der Waals surface area contributed by atoms with Crippen LogP contribution in [0.4, 0.5) is 0 Å². The van der Waals surface area contributed by atoms with Gasteiger partial charge in [0.25, 0.3) is 0 Å². The van der Waals surface area contributed by atoms with Crippen molar-refractivity contribution in [1.82, 2.24) is 9.79 Å². The first-order valence-electron chi connectivity index (χ1n) is 5.46. The number of carbonyl (C=O) groups excluding carboxylic acids is 2. The van der Waals surface area contributed by atoms with Crippen molar-refractivity contribution in [2.24, 2.45) is 11.7 Å². The second kappa shape index (κ2) is 6.12. The number of nitrogens with one attached hydrogen (secondary N) is 1. The fourth-order valence-electron chi connectivity index (χ4n) is 1.71. The molecule has 3 N–H and O–H groups in total. The van der Waals surface area contributed by atoms with Gasteiger partial charge in [-0.3, -0.25) is 14.4 Å². The molecular weight excluding hydrogens is 262 g/mol. The topological polar surface area (TPSA) is 119 Å². The van der Waals surface area contributed by atoms with Crippen molar-refractivity contribution in [3.05, 3.63) is 0 Å². The molecular formula is C9H17N3O5S. The third-order valence-corrected chi connectivity index (χ3v) is 3.98. The van der Waals surface area contributed by atoms with Gasteiger partial charge >= 0.3 is 0 Å². The minimum atomic E-state index is -3.19. The SMILES string of the molecule is CS(=O)(=O)N1CCC(C(=O)NOCC(N)=O)CC1. The van der Waals surface area contributed by atoms with Gasteiger partial charge in [-0.25, -0.2) is 18.2 Å². The fourth-order valence-corrected chi connectivity index (χ4v) is 2.59. The molecule has 0 atom stereocenters. The van der Waals surface area contributed by atoms with Gasteiger partial charge in [-0.15, -0.1) is 0 Å². The molecule has 1 saturated heterocycles. The maximum absolute atomic E-state index is 11.6. The summed E-state index contributed by atoms with van der Waals surface area (Å²) >= 11 is 0. The number of primary amides is 1. The van der Waals surface area contributed by atoms with Gasteiger partial charge in [0.2, 0.25) is 21.8 Å². The molecule has 1 heterocycles. The highest BCUT2D eigenvalue weighted by Gasteiger charge is 2.28. The van der Waals surface area contributed by atoms with Crippen LogP contribution in [0.15, 0.2) is 0 Å². The molecule has 0 aliphatic carbocycles. The molecule has 0 aromatic rings. The normalized spacial score (nSPS) is 18.5. The van der Waals surface area contributed by atoms with Crippen molar-refractivity contribution in [2.45, 2.75) is 12.8 Å². The van der Waals surface area contributed by atoms with Gasteiger partial charge in [0.1, 0.15) is 0 Å². The molecule has 18 heavy (non-hydrogen) atoms. The van der Waals surface area contributed by atoms with E-state index in [1.807, 2.05) is 0 Å². The monoisotopic (exact) mass is 279 g/mol. The minimum Gasteiger partial charge on any atom is -0.368 e. The Labute approximate surface area is 105 Å². The number of piperidine rings is 1. The number of rotatable bonds is 5. The quantitative estimate of drug-likeness (QED) is 0.575. The maximum Gasteiger partial charge on any atom is 0.246 e. The highest BCUT2D eigenvalue weighted by atomic mass is 32.2. The number of nitrogens with two attached hydrogens (primary N) is 1. The van der Waals surface area contributed by atoms with E-state index in [2.05, 4.69) is 10.3 Å². The van der Waals surface area contributed by atoms with Crippen LogP contribution in [0.25, 0.3) is 0 Å². The van der Waals surface area contributed by atoms with E-state index in [9.17, 15) is 18.0 Å². The van der Waals surface area contributed by atoms with Crippen molar-refractivity contribution < 1.29 is 22.8 Å². The molecule has 104 valence electrons. The molecule has 0 unspecified atom stereocenters. The first-order chi connectivity index (χ1) is 8.30. The van der Waals surface area contributed by atoms with E-state index in [1.165, 1.54) is 4.31 Å². The van der Waals surface area contributed by atoms with Crippen LogP contribution in [0.1, 0.15) is 12.8 Å². The molecule has 1 aliphatic heterocycles. The number of carbonyl (C=O) groups is 2. The van der Waals surface area contributed by atoms with Gasteiger partial charge in [-0.2, -0.15) is 0 Å². The number of hydrogen-bond donors (Lipinski definition) is 2. The summed E-state index contributed by atoms with van der Waals surface area (Å²) in [6.45, 7) is 0.243. The molecule has 0 saturated carbocycles. The first-order valence-corrected chi connectivity index (χ1v) is 7.30. The third kappa shape index (κ3) is 4.59. The van der Waals surface area contributed by atoms with Gasteiger partial charge in [-0.05, 0) is 12.8 Å². The molecule has 0 spiro atoms. The van der Waals surface area contributed by atoms with Crippen molar-refractivity contribution in [3.63, 3.8) is 0 Å². The van der Waals surface area contributed by atoms with Crippen molar-refractivity contribution >= 4 is 21.8 Å². The molecule has 9 heteroatoms. The van der Waals surface area contributed by atoms with Gasteiger partial charge in [-0.1, -0.05) is 0 Å². The van der Waals surface area contributed by atoms with Gasteiger partial charge in [0, 0.05) is 19.0 Å². The summed E-state index contributed by atoms with van der Waals surface area (Å²) in [5.41, 5.74) is 6.96. The van der Waals surface area contributed by atoms with Crippen molar-refractivity contribution in [2.75, 3.05) is 26.0 Å². The van der Waals surface area contributed by atoms with Crippen molar-refractivity contribution in [1.29, 1.82) is 0 Å². The van der Waals surface area contributed by atoms with Crippen LogP contribution >= 0.6 is 0 Å². The molecule has 8 nitrogen and oxygen atoms in total. The van der Waals surface area contributed by atoms with E-state index in [0.717, 1.165) is 6.26 Å². The lowest BCUT2D eigenvalue weighted by atomic mass is 9.98. The summed E-state index contributed by atoms with van der Waals surface area (Å²) < 4.78 is 23.9. The molecule has 0 aromatic heterocycles. The molecule has 0 aromatic carbocycles. The summed E-state index contributed by atoms with van der Waals surface area (Å²) in [5, 5.41) is 0. The smallest absolute Gasteiger partial charge is 0.246 e. The Balaban J connectivity index is 2.34. The zero-order valence-corrected chi connectivity index (χ0v) is 10.9. The van der Waals surface area contributed by atoms with Crippen LogP contribution in [0.5, 0.6) is 0 Å². The zero-order chi connectivity index (χ0) is 13.8. The standard InChI is InChI=1S/C9H17N3O5S/c1-18(15,16)12-4-2-7(3-5-12)9(14)11-17-6-8(10)13/h7H,2-6H2,1H3,(H2,10,13)(H,11,14). The third-order valence-electron chi connectivity index (χ3n) is 2.68. The van der Waals surface area contributed by atoms with E-state index < -0.39 is 15.9 Å². The van der Waals surface area contributed by atoms with E-state index in [0.29, 0.717) is 25.9 Å². The number of hydroxylamine groups is 1. The lowest BCUT2D eigenvalue weighted by molar-refractivity contribution is -0.142. The van der Waals surface area contributed by atoms with Crippen molar-refractivity contribution in [3.8, 4) is 0 Å². The average molecular weight is 279 g/mol. The molecule has 1 rings (SSSR count). The molecule has 1 fully saturated rings. The number of hydrogen-bond acceptors (Lipinski definition) is 5. The summed E-state index contributed by atoms with van der Waals surface area (Å²) in [5.74, 6) is -1.34. The average Bonchev–Trinajstić information content (AvgIpc) is 2.27. The molecule has 2 amide bonds. The summed E-state index contributed by atoms with van der Waals surface area (Å²) in [6.07, 6.45) is 2.00. The first kappa shape index (κ1) is 14.9. The molecule has 1 aliphatic rings. The fraction of sp³-hybridized carbons (Fsp3) is 0.778.